The Hall–Kier alpha value is -5.98. The fourth-order valence-corrected chi connectivity index (χ4v) is 8.02. The van der Waals surface area contributed by atoms with Crippen molar-refractivity contribution in [2.24, 2.45) is 0 Å². The number of fused-ring (bicyclic) bond motifs is 4. The van der Waals surface area contributed by atoms with E-state index in [4.69, 9.17) is 0 Å². The van der Waals surface area contributed by atoms with Gasteiger partial charge in [0.05, 0.1) is 0 Å². The highest BCUT2D eigenvalue weighted by Crippen LogP contribution is 2.49. The van der Waals surface area contributed by atoms with Gasteiger partial charge in [-0.25, -0.2) is 0 Å². The third-order valence-corrected chi connectivity index (χ3v) is 10.4. The van der Waals surface area contributed by atoms with E-state index in [0.29, 0.717) is 0 Å². The molecule has 0 aliphatic heterocycles. The van der Waals surface area contributed by atoms with E-state index in [1.807, 2.05) is 0 Å². The van der Waals surface area contributed by atoms with Gasteiger partial charge in [-0.3, -0.25) is 0 Å². The Kier molecular flexibility index (Phi) is 7.14. The first-order valence-electron chi connectivity index (χ1n) is 17.6. The molecule has 9 aromatic rings. The Morgan fingerprint density at radius 1 is 0.280 bits per heavy atom. The van der Waals surface area contributed by atoms with Crippen molar-refractivity contribution < 1.29 is 0 Å². The smallest absolute Gasteiger partial charge is 0.00200 e. The molecule has 0 aliphatic carbocycles. The molecule has 0 aliphatic rings. The van der Waals surface area contributed by atoms with E-state index in [2.05, 4.69) is 197 Å². The van der Waals surface area contributed by atoms with Gasteiger partial charge in [-0.1, -0.05) is 191 Å². The third kappa shape index (κ3) is 4.91. The zero-order valence-corrected chi connectivity index (χ0v) is 28.7. The Balaban J connectivity index is 1.42. The zero-order valence-electron chi connectivity index (χ0n) is 28.7. The molecule has 0 amide bonds. The number of benzene rings is 9. The Labute approximate surface area is 294 Å². The van der Waals surface area contributed by atoms with E-state index >= 15 is 0 Å². The summed E-state index contributed by atoms with van der Waals surface area (Å²) in [5.74, 6) is 0. The van der Waals surface area contributed by atoms with Crippen LogP contribution in [-0.4, -0.2) is 0 Å². The molecular weight excluding hydrogens is 601 g/mol. The highest BCUT2D eigenvalue weighted by Gasteiger charge is 2.23. The van der Waals surface area contributed by atoms with Crippen LogP contribution in [0.15, 0.2) is 176 Å². The van der Waals surface area contributed by atoms with Crippen LogP contribution < -0.4 is 0 Å². The van der Waals surface area contributed by atoms with Gasteiger partial charge in [0, 0.05) is 0 Å². The van der Waals surface area contributed by atoms with Crippen LogP contribution in [0, 0.1) is 0 Å². The van der Waals surface area contributed by atoms with E-state index in [1.54, 1.807) is 0 Å². The van der Waals surface area contributed by atoms with Gasteiger partial charge < -0.3 is 0 Å². The van der Waals surface area contributed by atoms with Crippen LogP contribution in [0.1, 0.15) is 26.3 Å². The molecule has 9 aromatic carbocycles. The van der Waals surface area contributed by atoms with E-state index in [0.717, 1.165) is 0 Å². The van der Waals surface area contributed by atoms with Crippen LogP contribution in [-0.2, 0) is 5.41 Å². The molecule has 0 radical (unpaired) electrons. The lowest BCUT2D eigenvalue weighted by atomic mass is 9.79. The molecular formula is C50H38. The van der Waals surface area contributed by atoms with E-state index in [1.165, 1.54) is 93.2 Å². The zero-order chi connectivity index (χ0) is 33.8. The second-order valence-electron chi connectivity index (χ2n) is 14.5. The fraction of sp³-hybridized carbons (Fsp3) is 0.0800. The summed E-state index contributed by atoms with van der Waals surface area (Å²) in [6.07, 6.45) is 0. The maximum absolute atomic E-state index is 2.47. The van der Waals surface area contributed by atoms with Gasteiger partial charge in [-0.05, 0) is 105 Å². The summed E-state index contributed by atoms with van der Waals surface area (Å²) in [5, 5.41) is 10.1. The van der Waals surface area contributed by atoms with Gasteiger partial charge >= 0.3 is 0 Å². The molecule has 0 bridgehead atoms. The van der Waals surface area contributed by atoms with E-state index in [9.17, 15) is 0 Å². The molecule has 0 atom stereocenters. The Morgan fingerprint density at radius 2 is 0.640 bits per heavy atom. The molecule has 0 saturated heterocycles. The molecule has 0 spiro atoms. The van der Waals surface area contributed by atoms with Gasteiger partial charge in [0.25, 0.3) is 0 Å². The average Bonchev–Trinajstić information content (AvgIpc) is 3.16. The quantitative estimate of drug-likeness (QED) is 0.168. The minimum absolute atomic E-state index is 0.00667. The maximum atomic E-state index is 2.47. The van der Waals surface area contributed by atoms with Crippen molar-refractivity contribution in [1.82, 2.24) is 0 Å². The lowest BCUT2D eigenvalue weighted by Crippen LogP contribution is -2.10. The van der Waals surface area contributed by atoms with Gasteiger partial charge in [-0.15, -0.1) is 0 Å². The fourth-order valence-electron chi connectivity index (χ4n) is 8.02. The lowest BCUT2D eigenvalue weighted by molar-refractivity contribution is 0.591. The molecule has 0 fully saturated rings. The predicted molar refractivity (Wildman–Crippen MR) is 217 cm³/mol. The molecule has 0 saturated carbocycles. The lowest BCUT2D eigenvalue weighted by Gasteiger charge is -2.24. The van der Waals surface area contributed by atoms with Crippen LogP contribution in [0.5, 0.6) is 0 Å². The minimum atomic E-state index is -0.00667. The standard InChI is InChI=1S/C50H38/c1-50(2,3)35-30-31-46-47(32-35)49(43-25-11-9-23-41(43)39-29-15-19-34-17-5-7-21-37(34)39)45-27-13-12-26-44(45)48(46)42-24-10-8-22-40(42)38-28-14-18-33-16-4-6-20-36(33)38/h4-32H,1-3H3. The van der Waals surface area contributed by atoms with Crippen molar-refractivity contribution in [3.63, 3.8) is 0 Å². The minimum Gasteiger partial charge on any atom is -0.0616 e. The summed E-state index contributed by atoms with van der Waals surface area (Å²) >= 11 is 0. The van der Waals surface area contributed by atoms with Crippen molar-refractivity contribution in [3.05, 3.63) is 181 Å². The number of hydrogen-bond donors (Lipinski definition) is 0. The topological polar surface area (TPSA) is 0 Å². The molecule has 0 aromatic heterocycles. The van der Waals surface area contributed by atoms with Crippen molar-refractivity contribution in [2.75, 3.05) is 0 Å². The third-order valence-electron chi connectivity index (χ3n) is 10.4. The van der Waals surface area contributed by atoms with E-state index < -0.39 is 0 Å². The van der Waals surface area contributed by atoms with E-state index in [-0.39, 0.29) is 5.41 Å². The average molecular weight is 639 g/mol. The normalized spacial score (nSPS) is 11.9. The molecule has 0 unspecified atom stereocenters. The molecule has 238 valence electrons. The highest BCUT2D eigenvalue weighted by atomic mass is 14.3. The molecule has 0 N–H and O–H groups in total. The maximum Gasteiger partial charge on any atom is -0.00200 e. The number of hydrogen-bond acceptors (Lipinski definition) is 0. The van der Waals surface area contributed by atoms with Gasteiger partial charge in [0.2, 0.25) is 0 Å². The largest absolute Gasteiger partial charge is 0.0616 e. The molecule has 0 heteroatoms. The first kappa shape index (κ1) is 30.1. The Morgan fingerprint density at radius 3 is 1.14 bits per heavy atom. The second kappa shape index (κ2) is 11.9. The monoisotopic (exact) mass is 638 g/mol. The Bertz CT molecular complexity index is 2730. The molecule has 9 rings (SSSR count). The first-order valence-corrected chi connectivity index (χ1v) is 17.6. The summed E-state index contributed by atoms with van der Waals surface area (Å²) in [4.78, 5) is 0. The van der Waals surface area contributed by atoms with Crippen LogP contribution >= 0.6 is 0 Å². The van der Waals surface area contributed by atoms with Gasteiger partial charge in [0.1, 0.15) is 0 Å². The van der Waals surface area contributed by atoms with Crippen LogP contribution in [0.25, 0.3) is 87.6 Å². The van der Waals surface area contributed by atoms with Crippen LogP contribution in [0.3, 0.4) is 0 Å². The summed E-state index contributed by atoms with van der Waals surface area (Å²) in [6.45, 7) is 6.95. The van der Waals surface area contributed by atoms with Crippen LogP contribution in [0.4, 0.5) is 0 Å². The molecule has 0 nitrogen and oxygen atoms in total. The highest BCUT2D eigenvalue weighted by molar-refractivity contribution is 6.24. The number of rotatable bonds is 4. The first-order chi connectivity index (χ1) is 24.5. The SMILES string of the molecule is CC(C)(C)c1ccc2c(-c3ccccc3-c3cccc4ccccc34)c3ccccc3c(-c3ccccc3-c3cccc4ccccc34)c2c1. The van der Waals surface area contributed by atoms with Crippen molar-refractivity contribution >= 4 is 43.1 Å². The predicted octanol–water partition coefficient (Wildman–Crippen LogP) is 14.3. The summed E-state index contributed by atoms with van der Waals surface area (Å²) < 4.78 is 0. The molecule has 50 heavy (non-hydrogen) atoms. The van der Waals surface area contributed by atoms with Crippen molar-refractivity contribution in [3.8, 4) is 44.5 Å². The van der Waals surface area contributed by atoms with Gasteiger partial charge in [0.15, 0.2) is 0 Å². The second-order valence-corrected chi connectivity index (χ2v) is 14.5. The van der Waals surface area contributed by atoms with Crippen molar-refractivity contribution in [2.45, 2.75) is 26.2 Å². The summed E-state index contributed by atoms with van der Waals surface area (Å²) in [7, 11) is 0. The van der Waals surface area contributed by atoms with Gasteiger partial charge in [-0.2, -0.15) is 0 Å². The van der Waals surface area contributed by atoms with Crippen molar-refractivity contribution in [1.29, 1.82) is 0 Å². The van der Waals surface area contributed by atoms with Crippen LogP contribution in [0.2, 0.25) is 0 Å². The molecule has 0 heterocycles. The summed E-state index contributed by atoms with van der Waals surface area (Å²) in [5.41, 5.74) is 11.4. The summed E-state index contributed by atoms with van der Waals surface area (Å²) in [6, 6.07) is 65.1.